The molecule has 0 saturated carbocycles. The number of carbonyl (C=O) groups excluding carboxylic acids is 1. The molecule has 0 unspecified atom stereocenters. The number of rotatable bonds is 5. The highest BCUT2D eigenvalue weighted by Gasteiger charge is 2.06. The molecule has 22 heavy (non-hydrogen) atoms. The van der Waals surface area contributed by atoms with Gasteiger partial charge in [0.2, 0.25) is 0 Å². The van der Waals surface area contributed by atoms with Crippen LogP contribution in [0.1, 0.15) is 23.9 Å². The summed E-state index contributed by atoms with van der Waals surface area (Å²) in [5.74, 6) is 0.0529. The van der Waals surface area contributed by atoms with Crippen molar-refractivity contribution in [2.45, 2.75) is 25.9 Å². The molecule has 1 amide bonds. The molecule has 5 nitrogen and oxygen atoms in total. The monoisotopic (exact) mass is 314 g/mol. The summed E-state index contributed by atoms with van der Waals surface area (Å²) in [5, 5.41) is 4.71. The van der Waals surface area contributed by atoms with Gasteiger partial charge in [0, 0.05) is 11.4 Å². The van der Waals surface area contributed by atoms with E-state index in [0.717, 1.165) is 22.7 Å². The molecule has 0 aliphatic rings. The molecule has 114 valence electrons. The van der Waals surface area contributed by atoms with E-state index < -0.39 is 0 Å². The van der Waals surface area contributed by atoms with Crippen LogP contribution in [0.3, 0.4) is 0 Å². The fraction of sp³-hybridized carbons (Fsp3) is 0.250. The molecule has 0 aliphatic carbocycles. The van der Waals surface area contributed by atoms with Gasteiger partial charge >= 0.3 is 0 Å². The van der Waals surface area contributed by atoms with Crippen LogP contribution >= 0.6 is 11.8 Å². The van der Waals surface area contributed by atoms with E-state index >= 15 is 0 Å². The van der Waals surface area contributed by atoms with Crippen molar-refractivity contribution < 1.29 is 4.79 Å². The van der Waals surface area contributed by atoms with Gasteiger partial charge in [-0.15, -0.1) is 0 Å². The van der Waals surface area contributed by atoms with Gasteiger partial charge in [0.05, 0.1) is 11.5 Å². The van der Waals surface area contributed by atoms with Crippen LogP contribution in [0.2, 0.25) is 0 Å². The first-order valence-electron chi connectivity index (χ1n) is 6.88. The number of hydrogen-bond donors (Lipinski definition) is 1. The van der Waals surface area contributed by atoms with Crippen molar-refractivity contribution in [3.8, 4) is 0 Å². The number of carbonyl (C=O) groups is 1. The second-order valence-electron chi connectivity index (χ2n) is 4.82. The maximum atomic E-state index is 11.8. The molecule has 6 heteroatoms. The van der Waals surface area contributed by atoms with Gasteiger partial charge in [0.15, 0.2) is 5.16 Å². The number of benzene rings is 1. The van der Waals surface area contributed by atoms with Crippen molar-refractivity contribution in [1.82, 2.24) is 15.4 Å². The minimum Gasteiger partial charge on any atom is -0.272 e. The van der Waals surface area contributed by atoms with Crippen molar-refractivity contribution in [3.05, 3.63) is 53.3 Å². The van der Waals surface area contributed by atoms with Crippen LogP contribution in [0.4, 0.5) is 0 Å². The van der Waals surface area contributed by atoms with Crippen molar-refractivity contribution in [3.63, 3.8) is 0 Å². The Morgan fingerprint density at radius 3 is 2.45 bits per heavy atom. The Morgan fingerprint density at radius 1 is 1.18 bits per heavy atom. The largest absolute Gasteiger partial charge is 0.272 e. The summed E-state index contributed by atoms with van der Waals surface area (Å²) in [4.78, 5) is 20.4. The maximum Gasteiger partial charge on any atom is 0.250 e. The molecule has 0 fully saturated rings. The van der Waals surface area contributed by atoms with E-state index in [0.29, 0.717) is 5.16 Å². The number of amides is 1. The van der Waals surface area contributed by atoms with Crippen molar-refractivity contribution >= 4 is 23.4 Å². The lowest BCUT2D eigenvalue weighted by Gasteiger charge is -2.04. The van der Waals surface area contributed by atoms with Gasteiger partial charge < -0.3 is 0 Å². The molecular formula is C16H18N4OS. The van der Waals surface area contributed by atoms with Crippen LogP contribution in [0.15, 0.2) is 46.7 Å². The zero-order valence-corrected chi connectivity index (χ0v) is 13.6. The first kappa shape index (κ1) is 16.2. The van der Waals surface area contributed by atoms with Crippen LogP contribution in [0.25, 0.3) is 0 Å². The van der Waals surface area contributed by atoms with E-state index in [-0.39, 0.29) is 11.7 Å². The number of nitrogens with zero attached hydrogens (tertiary/aromatic N) is 3. The maximum absolute atomic E-state index is 11.8. The van der Waals surface area contributed by atoms with Gasteiger partial charge in [-0.3, -0.25) is 4.79 Å². The Labute approximate surface area is 134 Å². The van der Waals surface area contributed by atoms with Crippen LogP contribution < -0.4 is 5.43 Å². The molecule has 0 radical (unpaired) electrons. The zero-order valence-electron chi connectivity index (χ0n) is 12.8. The molecule has 2 aromatic rings. The Morgan fingerprint density at radius 2 is 1.82 bits per heavy atom. The van der Waals surface area contributed by atoms with Gasteiger partial charge in [-0.2, -0.15) is 5.10 Å². The summed E-state index contributed by atoms with van der Waals surface area (Å²) < 4.78 is 0. The highest BCUT2D eigenvalue weighted by atomic mass is 32.2. The SMILES string of the molecule is C/C(=N/NC(=O)CSc1nc(C)cc(C)n1)c1ccccc1. The van der Waals surface area contributed by atoms with Crippen LogP contribution in [-0.2, 0) is 4.79 Å². The molecule has 0 aliphatic heterocycles. The molecule has 0 bridgehead atoms. The second kappa shape index (κ2) is 7.70. The molecule has 1 heterocycles. The van der Waals surface area contributed by atoms with Crippen molar-refractivity contribution in [1.29, 1.82) is 0 Å². The normalized spacial score (nSPS) is 11.3. The summed E-state index contributed by atoms with van der Waals surface area (Å²) in [5.41, 5.74) is 6.09. The number of thioether (sulfide) groups is 1. The summed E-state index contributed by atoms with van der Waals surface area (Å²) in [6.45, 7) is 5.68. The molecule has 0 spiro atoms. The number of hydrazone groups is 1. The van der Waals surface area contributed by atoms with Gasteiger partial charge in [-0.05, 0) is 32.4 Å². The van der Waals surface area contributed by atoms with Crippen molar-refractivity contribution in [2.75, 3.05) is 5.75 Å². The molecule has 1 aromatic carbocycles. The third kappa shape index (κ3) is 4.96. The van der Waals surface area contributed by atoms with Gasteiger partial charge in [-0.1, -0.05) is 42.1 Å². The molecule has 2 rings (SSSR count). The fourth-order valence-corrected chi connectivity index (χ4v) is 2.55. The smallest absolute Gasteiger partial charge is 0.250 e. The average molecular weight is 314 g/mol. The average Bonchev–Trinajstić information content (AvgIpc) is 2.50. The lowest BCUT2D eigenvalue weighted by molar-refractivity contribution is -0.118. The van der Waals surface area contributed by atoms with Crippen molar-refractivity contribution in [2.24, 2.45) is 5.10 Å². The molecule has 1 N–H and O–H groups in total. The third-order valence-corrected chi connectivity index (χ3v) is 3.68. The summed E-state index contributed by atoms with van der Waals surface area (Å²) in [6.07, 6.45) is 0. The van der Waals surface area contributed by atoms with Crippen LogP contribution in [0, 0.1) is 13.8 Å². The highest BCUT2D eigenvalue weighted by molar-refractivity contribution is 7.99. The lowest BCUT2D eigenvalue weighted by Crippen LogP contribution is -2.21. The van der Waals surface area contributed by atoms with E-state index in [1.807, 2.05) is 57.2 Å². The zero-order chi connectivity index (χ0) is 15.9. The quantitative estimate of drug-likeness (QED) is 0.399. The van der Waals surface area contributed by atoms with Crippen LogP contribution in [-0.4, -0.2) is 27.3 Å². The number of aromatic nitrogens is 2. The van der Waals surface area contributed by atoms with Gasteiger partial charge in [0.1, 0.15) is 0 Å². The number of hydrogen-bond acceptors (Lipinski definition) is 5. The first-order chi connectivity index (χ1) is 10.5. The predicted octanol–water partition coefficient (Wildman–Crippen LogP) is 2.73. The predicted molar refractivity (Wildman–Crippen MR) is 89.0 cm³/mol. The minimum absolute atomic E-state index is 0.178. The first-order valence-corrected chi connectivity index (χ1v) is 7.87. The van der Waals surface area contributed by atoms with E-state index in [1.165, 1.54) is 11.8 Å². The van der Waals surface area contributed by atoms with Crippen LogP contribution in [0.5, 0.6) is 0 Å². The fourth-order valence-electron chi connectivity index (χ4n) is 1.81. The Balaban J connectivity index is 1.88. The summed E-state index contributed by atoms with van der Waals surface area (Å²) in [6, 6.07) is 11.6. The third-order valence-electron chi connectivity index (χ3n) is 2.83. The number of nitrogens with one attached hydrogen (secondary N) is 1. The Hall–Kier alpha value is -2.21. The molecule has 1 aromatic heterocycles. The highest BCUT2D eigenvalue weighted by Crippen LogP contribution is 2.13. The van der Waals surface area contributed by atoms with Gasteiger partial charge in [0.25, 0.3) is 5.91 Å². The Bertz CT molecular complexity index is 666. The second-order valence-corrected chi connectivity index (χ2v) is 5.76. The van der Waals surface area contributed by atoms with E-state index in [2.05, 4.69) is 20.5 Å². The standard InChI is InChI=1S/C16H18N4OS/c1-11-9-12(2)18-16(17-11)22-10-15(21)20-19-13(3)14-7-5-4-6-8-14/h4-9H,10H2,1-3H3,(H,20,21)/b19-13-. The molecule has 0 saturated heterocycles. The van der Waals surface area contributed by atoms with E-state index in [1.54, 1.807) is 0 Å². The summed E-state index contributed by atoms with van der Waals surface area (Å²) >= 11 is 1.30. The van der Waals surface area contributed by atoms with Gasteiger partial charge in [-0.25, -0.2) is 15.4 Å². The minimum atomic E-state index is -0.178. The topological polar surface area (TPSA) is 67.2 Å². The molecular weight excluding hydrogens is 296 g/mol. The Kier molecular flexibility index (Phi) is 5.66. The van der Waals surface area contributed by atoms with E-state index in [9.17, 15) is 4.79 Å². The van der Waals surface area contributed by atoms with E-state index in [4.69, 9.17) is 0 Å². The lowest BCUT2D eigenvalue weighted by atomic mass is 10.1. The molecule has 0 atom stereocenters. The number of aryl methyl sites for hydroxylation is 2. The summed E-state index contributed by atoms with van der Waals surface area (Å²) in [7, 11) is 0.